The molecule has 25 heavy (non-hydrogen) atoms. The number of hydrogen-bond acceptors (Lipinski definition) is 3. The quantitative estimate of drug-likeness (QED) is 0.815. The van der Waals surface area contributed by atoms with Crippen LogP contribution in [0.15, 0.2) is 29.2 Å². The Kier molecular flexibility index (Phi) is 5.65. The third-order valence-electron chi connectivity index (χ3n) is 4.96. The second kappa shape index (κ2) is 7.60. The summed E-state index contributed by atoms with van der Waals surface area (Å²) in [6.07, 6.45) is 3.13. The van der Waals surface area contributed by atoms with Gasteiger partial charge in [-0.15, -0.1) is 0 Å². The number of nitrogens with one attached hydrogen (secondary N) is 1. The third-order valence-corrected chi connectivity index (χ3v) is 7.24. The Morgan fingerprint density at radius 1 is 1.08 bits per heavy atom. The highest BCUT2D eigenvalue weighted by atomic mass is 32.2. The molecule has 2 fully saturated rings. The molecule has 2 aliphatic rings. The largest absolute Gasteiger partial charge is 0.348 e. The van der Waals surface area contributed by atoms with Crippen molar-refractivity contribution in [3.8, 4) is 0 Å². The van der Waals surface area contributed by atoms with Crippen LogP contribution in [0.4, 0.5) is 5.69 Å². The van der Waals surface area contributed by atoms with Gasteiger partial charge in [-0.1, -0.05) is 13.8 Å². The number of thiocarbonyl (C=S) groups is 1. The molecule has 2 heterocycles. The van der Waals surface area contributed by atoms with Crippen LogP contribution in [0.3, 0.4) is 0 Å². The molecule has 0 aromatic heterocycles. The average molecular weight is 382 g/mol. The Bertz CT molecular complexity index is 702. The normalized spacial score (nSPS) is 25.1. The fraction of sp³-hybridized carbons (Fsp3) is 0.611. The van der Waals surface area contributed by atoms with Crippen LogP contribution in [0, 0.1) is 11.8 Å². The van der Waals surface area contributed by atoms with Crippen molar-refractivity contribution in [1.29, 1.82) is 0 Å². The maximum atomic E-state index is 12.6. The molecule has 0 amide bonds. The summed E-state index contributed by atoms with van der Waals surface area (Å²) in [6.45, 7) is 7.69. The highest BCUT2D eigenvalue weighted by molar-refractivity contribution is 7.89. The van der Waals surface area contributed by atoms with E-state index in [-0.39, 0.29) is 0 Å². The van der Waals surface area contributed by atoms with Crippen LogP contribution < -0.4 is 5.32 Å². The second-order valence-electron chi connectivity index (χ2n) is 7.42. The number of benzene rings is 1. The summed E-state index contributed by atoms with van der Waals surface area (Å²) in [5.74, 6) is 1.27. The molecule has 1 N–H and O–H groups in total. The maximum Gasteiger partial charge on any atom is 0.243 e. The minimum Gasteiger partial charge on any atom is -0.348 e. The zero-order chi connectivity index (χ0) is 18.0. The molecule has 3 rings (SSSR count). The lowest BCUT2D eigenvalue weighted by molar-refractivity contribution is 0.216. The molecule has 2 atom stereocenters. The number of hydrogen-bond donors (Lipinski definition) is 1. The van der Waals surface area contributed by atoms with Crippen LogP contribution in [-0.2, 0) is 10.0 Å². The van der Waals surface area contributed by atoms with Gasteiger partial charge < -0.3 is 10.2 Å². The molecule has 0 aliphatic carbocycles. The molecule has 1 aromatic carbocycles. The molecular weight excluding hydrogens is 354 g/mol. The van der Waals surface area contributed by atoms with E-state index in [0.29, 0.717) is 34.9 Å². The Hall–Kier alpha value is -1.18. The summed E-state index contributed by atoms with van der Waals surface area (Å²) in [4.78, 5) is 2.56. The summed E-state index contributed by atoms with van der Waals surface area (Å²) < 4.78 is 26.7. The third kappa shape index (κ3) is 4.33. The van der Waals surface area contributed by atoms with Crippen LogP contribution in [0.5, 0.6) is 0 Å². The summed E-state index contributed by atoms with van der Waals surface area (Å²) in [6, 6.07) is 6.93. The van der Waals surface area contributed by atoms with Gasteiger partial charge in [0, 0.05) is 31.9 Å². The van der Waals surface area contributed by atoms with Gasteiger partial charge in [0.25, 0.3) is 0 Å². The molecule has 5 nitrogen and oxygen atoms in total. The highest BCUT2D eigenvalue weighted by Gasteiger charge is 2.27. The summed E-state index contributed by atoms with van der Waals surface area (Å²) in [5, 5.41) is 3.97. The maximum absolute atomic E-state index is 12.6. The number of likely N-dealkylation sites (tertiary alicyclic amines) is 1. The number of piperidine rings is 1. The first-order valence-corrected chi connectivity index (χ1v) is 10.9. The number of anilines is 1. The van der Waals surface area contributed by atoms with Crippen LogP contribution >= 0.6 is 12.2 Å². The monoisotopic (exact) mass is 381 g/mol. The van der Waals surface area contributed by atoms with Gasteiger partial charge in [0.1, 0.15) is 0 Å². The van der Waals surface area contributed by atoms with E-state index in [4.69, 9.17) is 12.2 Å². The van der Waals surface area contributed by atoms with Crippen molar-refractivity contribution in [3.63, 3.8) is 0 Å². The van der Waals surface area contributed by atoms with E-state index in [1.54, 1.807) is 28.6 Å². The summed E-state index contributed by atoms with van der Waals surface area (Å²) in [7, 11) is -3.36. The lowest BCUT2D eigenvalue weighted by Crippen LogP contribution is -2.44. The van der Waals surface area contributed by atoms with Crippen molar-refractivity contribution >= 4 is 33.0 Å². The average Bonchev–Trinajstić information content (AvgIpc) is 3.09. The first-order valence-electron chi connectivity index (χ1n) is 9.02. The predicted octanol–water partition coefficient (Wildman–Crippen LogP) is 3.15. The first kappa shape index (κ1) is 18.6. The lowest BCUT2D eigenvalue weighted by Gasteiger charge is -2.36. The van der Waals surface area contributed by atoms with Crippen LogP contribution in [0.1, 0.15) is 33.1 Å². The van der Waals surface area contributed by atoms with Crippen molar-refractivity contribution in [2.45, 2.75) is 38.0 Å². The SMILES string of the molecule is CC1CC(C)CN(C(=S)Nc2ccc(S(=O)(=O)N3CCCC3)cc2)C1. The fourth-order valence-corrected chi connectivity index (χ4v) is 5.60. The second-order valence-corrected chi connectivity index (χ2v) is 9.74. The van der Waals surface area contributed by atoms with E-state index in [1.165, 1.54) is 6.42 Å². The Balaban J connectivity index is 1.65. The standard InChI is InChI=1S/C18H27N3O2S2/c1-14-11-15(2)13-20(12-14)18(24)19-16-5-7-17(8-6-16)25(22,23)21-9-3-4-10-21/h5-8,14-15H,3-4,9-13H2,1-2H3,(H,19,24). The Morgan fingerprint density at radius 3 is 2.20 bits per heavy atom. The molecular formula is C18H27N3O2S2. The molecule has 0 bridgehead atoms. The smallest absolute Gasteiger partial charge is 0.243 e. The van der Waals surface area contributed by atoms with E-state index in [1.807, 2.05) is 0 Å². The van der Waals surface area contributed by atoms with E-state index < -0.39 is 10.0 Å². The molecule has 138 valence electrons. The molecule has 2 unspecified atom stereocenters. The molecule has 2 saturated heterocycles. The molecule has 0 saturated carbocycles. The zero-order valence-electron chi connectivity index (χ0n) is 14.9. The minimum atomic E-state index is -3.36. The van der Waals surface area contributed by atoms with Gasteiger partial charge in [0.2, 0.25) is 10.0 Å². The van der Waals surface area contributed by atoms with Crippen molar-refractivity contribution in [3.05, 3.63) is 24.3 Å². The van der Waals surface area contributed by atoms with Crippen LogP contribution in [0.2, 0.25) is 0 Å². The van der Waals surface area contributed by atoms with Gasteiger partial charge in [-0.05, 0) is 67.6 Å². The van der Waals surface area contributed by atoms with Crippen LogP contribution in [-0.4, -0.2) is 48.9 Å². The minimum absolute atomic E-state index is 0.353. The van der Waals surface area contributed by atoms with Gasteiger partial charge in [0.15, 0.2) is 5.11 Å². The van der Waals surface area contributed by atoms with E-state index in [2.05, 4.69) is 24.1 Å². The topological polar surface area (TPSA) is 52.7 Å². The van der Waals surface area contributed by atoms with Gasteiger partial charge in [-0.2, -0.15) is 4.31 Å². The van der Waals surface area contributed by atoms with Crippen molar-refractivity contribution < 1.29 is 8.42 Å². The Morgan fingerprint density at radius 2 is 1.64 bits per heavy atom. The summed E-state index contributed by atoms with van der Waals surface area (Å²) >= 11 is 5.54. The van der Waals surface area contributed by atoms with E-state index in [9.17, 15) is 8.42 Å². The molecule has 0 radical (unpaired) electrons. The highest BCUT2D eigenvalue weighted by Crippen LogP contribution is 2.24. The predicted molar refractivity (Wildman–Crippen MR) is 105 cm³/mol. The van der Waals surface area contributed by atoms with Crippen molar-refractivity contribution in [1.82, 2.24) is 9.21 Å². The van der Waals surface area contributed by atoms with Crippen molar-refractivity contribution in [2.24, 2.45) is 11.8 Å². The molecule has 7 heteroatoms. The zero-order valence-corrected chi connectivity index (χ0v) is 16.6. The lowest BCUT2D eigenvalue weighted by atomic mass is 9.92. The number of rotatable bonds is 3. The van der Waals surface area contributed by atoms with Gasteiger partial charge in [-0.3, -0.25) is 0 Å². The molecule has 2 aliphatic heterocycles. The van der Waals surface area contributed by atoms with Crippen molar-refractivity contribution in [2.75, 3.05) is 31.5 Å². The Labute approximate surface area is 156 Å². The molecule has 0 spiro atoms. The molecule has 1 aromatic rings. The van der Waals surface area contributed by atoms with Gasteiger partial charge in [0.05, 0.1) is 4.90 Å². The van der Waals surface area contributed by atoms with Gasteiger partial charge in [-0.25, -0.2) is 8.42 Å². The number of nitrogens with zero attached hydrogens (tertiary/aromatic N) is 2. The summed E-state index contributed by atoms with van der Waals surface area (Å²) in [5.41, 5.74) is 0.830. The number of sulfonamides is 1. The first-order chi connectivity index (χ1) is 11.9. The van der Waals surface area contributed by atoms with E-state index in [0.717, 1.165) is 31.6 Å². The fourth-order valence-electron chi connectivity index (χ4n) is 3.82. The van der Waals surface area contributed by atoms with Gasteiger partial charge >= 0.3 is 0 Å². The van der Waals surface area contributed by atoms with E-state index >= 15 is 0 Å². The van der Waals surface area contributed by atoms with Crippen LogP contribution in [0.25, 0.3) is 0 Å².